The van der Waals surface area contributed by atoms with Gasteiger partial charge in [0.05, 0.1) is 17.2 Å². The predicted octanol–water partition coefficient (Wildman–Crippen LogP) is 5.65. The van der Waals surface area contributed by atoms with Crippen LogP contribution in [0, 0.1) is 6.92 Å². The molecule has 10 heteroatoms. The highest BCUT2D eigenvalue weighted by Crippen LogP contribution is 2.36. The van der Waals surface area contributed by atoms with Gasteiger partial charge in [-0.05, 0) is 68.4 Å². The van der Waals surface area contributed by atoms with Gasteiger partial charge in [-0.1, -0.05) is 16.8 Å². The lowest BCUT2D eigenvalue weighted by atomic mass is 10.2. The van der Waals surface area contributed by atoms with Crippen LogP contribution in [0.5, 0.6) is 5.75 Å². The second-order valence-electron chi connectivity index (χ2n) is 6.86. The van der Waals surface area contributed by atoms with E-state index < -0.39 is 10.0 Å². The number of aromatic nitrogens is 2. The van der Waals surface area contributed by atoms with Crippen LogP contribution in [0.15, 0.2) is 64.0 Å². The number of thiophene rings is 1. The maximum atomic E-state index is 13.3. The fourth-order valence-electron chi connectivity index (χ4n) is 3.07. The monoisotopic (exact) mass is 489 g/mol. The van der Waals surface area contributed by atoms with E-state index >= 15 is 0 Å². The third-order valence-corrected chi connectivity index (χ3v) is 8.09. The number of sulfonamides is 1. The first-order chi connectivity index (χ1) is 15.3. The second-order valence-corrected chi connectivity index (χ2v) is 10.5. The van der Waals surface area contributed by atoms with Gasteiger partial charge >= 0.3 is 0 Å². The standard InChI is InChI=1S/C22H20ClN3O4S2/c1-4-29-18-11-9-17(10-12-18)26(3)32(27,28)20-13-19(31-14(20)2)22-24-21(25-30-22)15-5-7-16(23)8-6-15/h5-13H,4H2,1-3H3. The van der Waals surface area contributed by atoms with Crippen molar-refractivity contribution in [3.8, 4) is 27.9 Å². The van der Waals surface area contributed by atoms with Gasteiger partial charge in [0.25, 0.3) is 15.9 Å². The van der Waals surface area contributed by atoms with Crippen LogP contribution in [-0.4, -0.2) is 32.2 Å². The summed E-state index contributed by atoms with van der Waals surface area (Å²) in [5, 5.41) is 4.61. The molecule has 2 aromatic heterocycles. The SMILES string of the molecule is CCOc1ccc(N(C)S(=O)(=O)c2cc(-c3nc(-c4ccc(Cl)cc4)no3)sc2C)cc1. The van der Waals surface area contributed by atoms with E-state index in [1.165, 1.54) is 22.7 Å². The average Bonchev–Trinajstić information content (AvgIpc) is 3.42. The van der Waals surface area contributed by atoms with Crippen LogP contribution in [0.4, 0.5) is 5.69 Å². The number of anilines is 1. The number of ether oxygens (including phenoxy) is 1. The highest BCUT2D eigenvalue weighted by molar-refractivity contribution is 7.93. The van der Waals surface area contributed by atoms with Crippen LogP contribution in [0.2, 0.25) is 5.02 Å². The summed E-state index contributed by atoms with van der Waals surface area (Å²) in [7, 11) is -2.27. The van der Waals surface area contributed by atoms with Gasteiger partial charge in [0.2, 0.25) is 5.82 Å². The number of nitrogens with zero attached hydrogens (tertiary/aromatic N) is 3. The number of hydrogen-bond acceptors (Lipinski definition) is 7. The lowest BCUT2D eigenvalue weighted by Crippen LogP contribution is -2.26. The Bertz CT molecular complexity index is 1330. The van der Waals surface area contributed by atoms with Crippen molar-refractivity contribution in [2.45, 2.75) is 18.7 Å². The van der Waals surface area contributed by atoms with Gasteiger partial charge in [-0.25, -0.2) is 8.42 Å². The largest absolute Gasteiger partial charge is 0.494 e. The average molecular weight is 490 g/mol. The Morgan fingerprint density at radius 3 is 2.47 bits per heavy atom. The van der Waals surface area contributed by atoms with Gasteiger partial charge in [-0.2, -0.15) is 4.98 Å². The summed E-state index contributed by atoms with van der Waals surface area (Å²) in [6.07, 6.45) is 0. The molecule has 2 aromatic carbocycles. The summed E-state index contributed by atoms with van der Waals surface area (Å²) >= 11 is 7.21. The number of rotatable bonds is 7. The van der Waals surface area contributed by atoms with E-state index in [1.54, 1.807) is 61.5 Å². The van der Waals surface area contributed by atoms with E-state index in [4.69, 9.17) is 20.9 Å². The fourth-order valence-corrected chi connectivity index (χ4v) is 5.87. The van der Waals surface area contributed by atoms with Gasteiger partial charge in [0, 0.05) is 22.5 Å². The molecule has 0 atom stereocenters. The van der Waals surface area contributed by atoms with Crippen LogP contribution in [0.3, 0.4) is 0 Å². The molecule has 0 fully saturated rings. The van der Waals surface area contributed by atoms with Crippen molar-refractivity contribution >= 4 is 38.6 Å². The maximum Gasteiger partial charge on any atom is 0.268 e. The Labute approximate surface area is 195 Å². The first kappa shape index (κ1) is 22.3. The van der Waals surface area contributed by atoms with Crippen molar-refractivity contribution in [2.75, 3.05) is 18.0 Å². The molecule has 0 amide bonds. The highest BCUT2D eigenvalue weighted by atomic mass is 35.5. The third-order valence-electron chi connectivity index (χ3n) is 4.76. The van der Waals surface area contributed by atoms with Crippen LogP contribution in [0.25, 0.3) is 22.2 Å². The molecule has 166 valence electrons. The van der Waals surface area contributed by atoms with Crippen molar-refractivity contribution in [3.05, 3.63) is 64.5 Å². The number of aryl methyl sites for hydroxylation is 1. The molecule has 0 bridgehead atoms. The van der Waals surface area contributed by atoms with Crippen LogP contribution >= 0.6 is 22.9 Å². The van der Waals surface area contributed by atoms with Crippen molar-refractivity contribution in [1.29, 1.82) is 0 Å². The molecule has 0 N–H and O–H groups in total. The number of hydrogen-bond donors (Lipinski definition) is 0. The molecular formula is C22H20ClN3O4S2. The molecule has 0 spiro atoms. The zero-order valence-electron chi connectivity index (χ0n) is 17.6. The van der Waals surface area contributed by atoms with Crippen molar-refractivity contribution in [1.82, 2.24) is 10.1 Å². The molecule has 0 unspecified atom stereocenters. The summed E-state index contributed by atoms with van der Waals surface area (Å²) < 4.78 is 38.6. The van der Waals surface area contributed by atoms with E-state index in [-0.39, 0.29) is 10.8 Å². The zero-order chi connectivity index (χ0) is 22.9. The second kappa shape index (κ2) is 8.93. The summed E-state index contributed by atoms with van der Waals surface area (Å²) in [5.41, 5.74) is 1.28. The number of halogens is 1. The topological polar surface area (TPSA) is 85.5 Å². The third kappa shape index (κ3) is 4.36. The molecule has 7 nitrogen and oxygen atoms in total. The van der Waals surface area contributed by atoms with Gasteiger partial charge in [-0.3, -0.25) is 4.31 Å². The molecule has 0 aliphatic rings. The Morgan fingerprint density at radius 2 is 1.81 bits per heavy atom. The quantitative estimate of drug-likeness (QED) is 0.333. The Morgan fingerprint density at radius 1 is 1.12 bits per heavy atom. The molecule has 32 heavy (non-hydrogen) atoms. The minimum absolute atomic E-state index is 0.195. The van der Waals surface area contributed by atoms with E-state index in [9.17, 15) is 8.42 Å². The summed E-state index contributed by atoms with van der Waals surface area (Å²) in [4.78, 5) is 5.82. The molecule has 4 rings (SSSR count). The lowest BCUT2D eigenvalue weighted by molar-refractivity contribution is 0.340. The Balaban J connectivity index is 1.62. The number of benzene rings is 2. The molecule has 0 aliphatic heterocycles. The molecule has 4 aromatic rings. The highest BCUT2D eigenvalue weighted by Gasteiger charge is 2.27. The molecule has 0 aliphatic carbocycles. The zero-order valence-corrected chi connectivity index (χ0v) is 20.0. The summed E-state index contributed by atoms with van der Waals surface area (Å²) in [6, 6.07) is 15.5. The van der Waals surface area contributed by atoms with Gasteiger partial charge in [0.15, 0.2) is 0 Å². The van der Waals surface area contributed by atoms with Gasteiger partial charge in [-0.15, -0.1) is 11.3 Å². The van der Waals surface area contributed by atoms with Gasteiger partial charge < -0.3 is 9.26 Å². The smallest absolute Gasteiger partial charge is 0.268 e. The molecule has 0 saturated heterocycles. The summed E-state index contributed by atoms with van der Waals surface area (Å²) in [6.45, 7) is 4.19. The van der Waals surface area contributed by atoms with E-state index in [2.05, 4.69) is 10.1 Å². The van der Waals surface area contributed by atoms with Crippen molar-refractivity contribution in [2.24, 2.45) is 0 Å². The fraction of sp³-hybridized carbons (Fsp3) is 0.182. The molecule has 0 saturated carbocycles. The van der Waals surface area contributed by atoms with Crippen molar-refractivity contribution < 1.29 is 17.7 Å². The first-order valence-electron chi connectivity index (χ1n) is 9.72. The van der Waals surface area contributed by atoms with Gasteiger partial charge in [0.1, 0.15) is 10.6 Å². The Hall–Kier alpha value is -2.88. The predicted molar refractivity (Wildman–Crippen MR) is 126 cm³/mol. The molecule has 2 heterocycles. The van der Waals surface area contributed by atoms with E-state index in [0.29, 0.717) is 38.6 Å². The van der Waals surface area contributed by atoms with E-state index in [0.717, 1.165) is 5.56 Å². The normalized spacial score (nSPS) is 11.5. The minimum Gasteiger partial charge on any atom is -0.494 e. The Kier molecular flexibility index (Phi) is 6.23. The lowest BCUT2D eigenvalue weighted by Gasteiger charge is -2.19. The van der Waals surface area contributed by atoms with Crippen LogP contribution in [0.1, 0.15) is 11.8 Å². The maximum absolute atomic E-state index is 13.3. The molecular weight excluding hydrogens is 470 g/mol. The summed E-state index contributed by atoms with van der Waals surface area (Å²) in [5.74, 6) is 1.34. The van der Waals surface area contributed by atoms with E-state index in [1.807, 2.05) is 6.92 Å². The minimum atomic E-state index is -3.79. The van der Waals surface area contributed by atoms with Crippen molar-refractivity contribution in [3.63, 3.8) is 0 Å². The van der Waals surface area contributed by atoms with Crippen LogP contribution < -0.4 is 9.04 Å². The van der Waals surface area contributed by atoms with Crippen LogP contribution in [-0.2, 0) is 10.0 Å². The first-order valence-corrected chi connectivity index (χ1v) is 12.4. The molecule has 0 radical (unpaired) electrons.